The van der Waals surface area contributed by atoms with Crippen molar-refractivity contribution < 1.29 is 0 Å². The SMILES string of the molecule is CCC1CCN(C(CN)c2cc(C)cc(C)c2)CC1. The number of aryl methyl sites for hydroxylation is 2. The molecule has 1 fully saturated rings. The summed E-state index contributed by atoms with van der Waals surface area (Å²) in [6.07, 6.45) is 3.99. The van der Waals surface area contributed by atoms with Crippen molar-refractivity contribution in [3.63, 3.8) is 0 Å². The highest BCUT2D eigenvalue weighted by molar-refractivity contribution is 5.31. The van der Waals surface area contributed by atoms with Crippen LogP contribution in [0.3, 0.4) is 0 Å². The molecule has 0 saturated carbocycles. The molecule has 1 heterocycles. The van der Waals surface area contributed by atoms with Gasteiger partial charge in [-0.2, -0.15) is 0 Å². The highest BCUT2D eigenvalue weighted by Crippen LogP contribution is 2.28. The van der Waals surface area contributed by atoms with E-state index in [4.69, 9.17) is 5.73 Å². The lowest BCUT2D eigenvalue weighted by atomic mass is 9.92. The Morgan fingerprint density at radius 1 is 1.16 bits per heavy atom. The summed E-state index contributed by atoms with van der Waals surface area (Å²) in [5, 5.41) is 0. The van der Waals surface area contributed by atoms with E-state index in [0.29, 0.717) is 6.04 Å². The van der Waals surface area contributed by atoms with Crippen molar-refractivity contribution >= 4 is 0 Å². The quantitative estimate of drug-likeness (QED) is 0.898. The van der Waals surface area contributed by atoms with E-state index in [2.05, 4.69) is 43.9 Å². The first-order chi connectivity index (χ1) is 9.13. The third-order valence-electron chi connectivity index (χ3n) is 4.52. The van der Waals surface area contributed by atoms with E-state index in [1.165, 1.54) is 49.0 Å². The zero-order valence-corrected chi connectivity index (χ0v) is 12.7. The summed E-state index contributed by atoms with van der Waals surface area (Å²) in [7, 11) is 0. The van der Waals surface area contributed by atoms with E-state index >= 15 is 0 Å². The minimum atomic E-state index is 0.399. The molecule has 2 N–H and O–H groups in total. The first kappa shape index (κ1) is 14.5. The van der Waals surface area contributed by atoms with Crippen LogP contribution in [0.4, 0.5) is 0 Å². The van der Waals surface area contributed by atoms with Gasteiger partial charge < -0.3 is 5.73 Å². The maximum Gasteiger partial charge on any atom is 0.0470 e. The van der Waals surface area contributed by atoms with E-state index < -0.39 is 0 Å². The lowest BCUT2D eigenvalue weighted by Gasteiger charge is -2.37. The average Bonchev–Trinajstić information content (AvgIpc) is 2.39. The van der Waals surface area contributed by atoms with Gasteiger partial charge in [0.15, 0.2) is 0 Å². The lowest BCUT2D eigenvalue weighted by Crippen LogP contribution is -2.39. The van der Waals surface area contributed by atoms with Crippen molar-refractivity contribution in [2.75, 3.05) is 19.6 Å². The van der Waals surface area contributed by atoms with Gasteiger partial charge in [-0.05, 0) is 51.3 Å². The molecule has 0 aromatic heterocycles. The van der Waals surface area contributed by atoms with Gasteiger partial charge >= 0.3 is 0 Å². The van der Waals surface area contributed by atoms with Crippen LogP contribution in [-0.2, 0) is 0 Å². The maximum absolute atomic E-state index is 6.06. The first-order valence-electron chi connectivity index (χ1n) is 7.66. The van der Waals surface area contributed by atoms with Crippen LogP contribution in [0.25, 0.3) is 0 Å². The fraction of sp³-hybridized carbons (Fsp3) is 0.647. The minimum absolute atomic E-state index is 0.399. The molecule has 2 nitrogen and oxygen atoms in total. The van der Waals surface area contributed by atoms with Crippen LogP contribution >= 0.6 is 0 Å². The standard InChI is InChI=1S/C17H28N2/c1-4-15-5-7-19(8-6-15)17(12-18)16-10-13(2)9-14(3)11-16/h9-11,15,17H,4-8,12,18H2,1-3H3. The van der Waals surface area contributed by atoms with Crippen LogP contribution in [0, 0.1) is 19.8 Å². The fourth-order valence-electron chi connectivity index (χ4n) is 3.37. The number of hydrogen-bond acceptors (Lipinski definition) is 2. The van der Waals surface area contributed by atoms with Crippen molar-refractivity contribution in [1.82, 2.24) is 4.90 Å². The van der Waals surface area contributed by atoms with Gasteiger partial charge in [-0.25, -0.2) is 0 Å². The van der Waals surface area contributed by atoms with Crippen molar-refractivity contribution in [2.24, 2.45) is 11.7 Å². The predicted molar refractivity (Wildman–Crippen MR) is 82.3 cm³/mol. The third kappa shape index (κ3) is 3.58. The molecule has 2 heteroatoms. The Bertz CT molecular complexity index is 385. The van der Waals surface area contributed by atoms with Crippen LogP contribution in [0.1, 0.15) is 48.9 Å². The van der Waals surface area contributed by atoms with Crippen LogP contribution in [-0.4, -0.2) is 24.5 Å². The Hall–Kier alpha value is -0.860. The second-order valence-electron chi connectivity index (χ2n) is 6.06. The van der Waals surface area contributed by atoms with Crippen molar-refractivity contribution in [2.45, 2.75) is 46.1 Å². The van der Waals surface area contributed by atoms with Crippen LogP contribution < -0.4 is 5.73 Å². The van der Waals surface area contributed by atoms with Gasteiger partial charge in [-0.15, -0.1) is 0 Å². The maximum atomic E-state index is 6.06. The predicted octanol–water partition coefficient (Wildman–Crippen LogP) is 3.43. The molecule has 0 bridgehead atoms. The normalized spacial score (nSPS) is 19.6. The smallest absolute Gasteiger partial charge is 0.0470 e. The Morgan fingerprint density at radius 2 is 1.74 bits per heavy atom. The fourth-order valence-corrected chi connectivity index (χ4v) is 3.37. The monoisotopic (exact) mass is 260 g/mol. The number of nitrogens with two attached hydrogens (primary N) is 1. The van der Waals surface area contributed by atoms with Crippen LogP contribution in [0.5, 0.6) is 0 Å². The number of benzene rings is 1. The first-order valence-corrected chi connectivity index (χ1v) is 7.66. The molecule has 1 atom stereocenters. The van der Waals surface area contributed by atoms with Gasteiger partial charge in [0, 0.05) is 12.6 Å². The molecule has 0 spiro atoms. The molecule has 0 amide bonds. The van der Waals surface area contributed by atoms with E-state index in [0.717, 1.165) is 12.5 Å². The summed E-state index contributed by atoms with van der Waals surface area (Å²) < 4.78 is 0. The van der Waals surface area contributed by atoms with E-state index in [1.54, 1.807) is 0 Å². The van der Waals surface area contributed by atoms with E-state index in [-0.39, 0.29) is 0 Å². The van der Waals surface area contributed by atoms with Gasteiger partial charge in [-0.1, -0.05) is 42.7 Å². The molecular weight excluding hydrogens is 232 g/mol. The average molecular weight is 260 g/mol. The van der Waals surface area contributed by atoms with Gasteiger partial charge in [0.1, 0.15) is 0 Å². The van der Waals surface area contributed by atoms with Crippen molar-refractivity contribution in [3.05, 3.63) is 34.9 Å². The molecule has 1 saturated heterocycles. The van der Waals surface area contributed by atoms with Crippen molar-refractivity contribution in [3.8, 4) is 0 Å². The molecule has 1 unspecified atom stereocenters. The van der Waals surface area contributed by atoms with Gasteiger partial charge in [-0.3, -0.25) is 4.90 Å². The largest absolute Gasteiger partial charge is 0.329 e. The summed E-state index contributed by atoms with van der Waals surface area (Å²) in [6, 6.07) is 7.24. The number of piperidine rings is 1. The topological polar surface area (TPSA) is 29.3 Å². The van der Waals surface area contributed by atoms with E-state index in [1.807, 2.05) is 0 Å². The van der Waals surface area contributed by atoms with Crippen molar-refractivity contribution in [1.29, 1.82) is 0 Å². The molecule has 1 aliphatic heterocycles. The summed E-state index contributed by atoms with van der Waals surface area (Å²) in [4.78, 5) is 2.58. The Labute approximate surface area is 118 Å². The second-order valence-corrected chi connectivity index (χ2v) is 6.06. The van der Waals surface area contributed by atoms with Crippen LogP contribution in [0.2, 0.25) is 0 Å². The summed E-state index contributed by atoms with van der Waals surface area (Å²) in [5.74, 6) is 0.925. The molecule has 106 valence electrons. The number of hydrogen-bond donors (Lipinski definition) is 1. The minimum Gasteiger partial charge on any atom is -0.329 e. The highest BCUT2D eigenvalue weighted by atomic mass is 15.2. The molecule has 1 aromatic rings. The van der Waals surface area contributed by atoms with Gasteiger partial charge in [0.05, 0.1) is 0 Å². The van der Waals surface area contributed by atoms with E-state index in [9.17, 15) is 0 Å². The number of nitrogens with zero attached hydrogens (tertiary/aromatic N) is 1. The second kappa shape index (κ2) is 6.53. The Balaban J connectivity index is 2.11. The zero-order valence-electron chi connectivity index (χ0n) is 12.7. The van der Waals surface area contributed by atoms with Crippen LogP contribution in [0.15, 0.2) is 18.2 Å². The lowest BCUT2D eigenvalue weighted by molar-refractivity contribution is 0.134. The molecule has 2 rings (SSSR count). The zero-order chi connectivity index (χ0) is 13.8. The number of rotatable bonds is 4. The molecule has 1 aromatic carbocycles. The Morgan fingerprint density at radius 3 is 2.21 bits per heavy atom. The number of likely N-dealkylation sites (tertiary alicyclic amines) is 1. The summed E-state index contributed by atoms with van der Waals surface area (Å²) in [5.41, 5.74) is 10.1. The third-order valence-corrected chi connectivity index (χ3v) is 4.52. The molecule has 0 radical (unpaired) electrons. The van der Waals surface area contributed by atoms with Gasteiger partial charge in [0.2, 0.25) is 0 Å². The summed E-state index contributed by atoms with van der Waals surface area (Å²) in [6.45, 7) is 9.78. The molecule has 19 heavy (non-hydrogen) atoms. The Kier molecular flexibility index (Phi) is 5.00. The molecular formula is C17H28N2. The molecule has 0 aliphatic carbocycles. The van der Waals surface area contributed by atoms with Gasteiger partial charge in [0.25, 0.3) is 0 Å². The molecule has 1 aliphatic rings. The highest BCUT2D eigenvalue weighted by Gasteiger charge is 2.24. The summed E-state index contributed by atoms with van der Waals surface area (Å²) >= 11 is 0.